The molecule has 2 aromatic carbocycles. The van der Waals surface area contributed by atoms with Gasteiger partial charge in [-0.05, 0) is 63.1 Å². The van der Waals surface area contributed by atoms with E-state index in [1.807, 2.05) is 38.1 Å². The molecule has 54 heavy (non-hydrogen) atoms. The van der Waals surface area contributed by atoms with E-state index in [9.17, 15) is 19.2 Å². The molecule has 4 heterocycles. The molecule has 0 spiro atoms. The summed E-state index contributed by atoms with van der Waals surface area (Å²) in [4.78, 5) is 64.5. The Kier molecular flexibility index (Phi) is 11.7. The molecule has 2 aliphatic rings. The molecule has 6 rings (SSSR count). The number of benzene rings is 2. The topological polar surface area (TPSA) is 175 Å². The first kappa shape index (κ1) is 38.1. The van der Waals surface area contributed by atoms with E-state index in [-0.39, 0.29) is 55.4 Å². The number of carbonyl (C=O) groups is 4. The van der Waals surface area contributed by atoms with E-state index in [2.05, 4.69) is 20.8 Å². The molecular formula is C38H44N6O9S. The van der Waals surface area contributed by atoms with Crippen LogP contribution in [-0.2, 0) is 19.2 Å². The number of methoxy groups -OCH3 is 2. The number of aryl methyl sites for hydroxylation is 2. The van der Waals surface area contributed by atoms with Crippen molar-refractivity contribution in [3.05, 3.63) is 70.4 Å². The minimum absolute atomic E-state index is 0.0490. The second kappa shape index (κ2) is 16.6. The highest BCUT2D eigenvalue weighted by Gasteiger charge is 2.50. The molecule has 0 aliphatic carbocycles. The van der Waals surface area contributed by atoms with E-state index in [1.165, 1.54) is 27.2 Å². The Balaban J connectivity index is 1.40. The number of ether oxygens (including phenoxy) is 4. The highest BCUT2D eigenvalue weighted by molar-refractivity contribution is 7.13. The zero-order valence-corrected chi connectivity index (χ0v) is 31.9. The van der Waals surface area contributed by atoms with Gasteiger partial charge in [-0.25, -0.2) is 4.98 Å². The third-order valence-electron chi connectivity index (χ3n) is 9.47. The summed E-state index contributed by atoms with van der Waals surface area (Å²) in [5.74, 6) is -0.150. The predicted octanol–water partition coefficient (Wildman–Crippen LogP) is 4.91. The second-order valence-corrected chi connectivity index (χ2v) is 13.9. The Morgan fingerprint density at radius 3 is 1.76 bits per heavy atom. The maximum atomic E-state index is 14.6. The van der Waals surface area contributed by atoms with Crippen molar-refractivity contribution >= 4 is 45.9 Å². The van der Waals surface area contributed by atoms with E-state index >= 15 is 0 Å². The Morgan fingerprint density at radius 1 is 0.815 bits per heavy atom. The van der Waals surface area contributed by atoms with Crippen LogP contribution in [0.25, 0.3) is 0 Å². The molecule has 16 heteroatoms. The molecule has 4 amide bonds. The third-order valence-corrected chi connectivity index (χ3v) is 10.3. The second-order valence-electron chi connectivity index (χ2n) is 13.1. The van der Waals surface area contributed by atoms with E-state index in [0.29, 0.717) is 52.8 Å². The van der Waals surface area contributed by atoms with Gasteiger partial charge in [-0.1, -0.05) is 17.3 Å². The molecule has 0 radical (unpaired) electrons. The number of thiazole rings is 1. The molecule has 0 bridgehead atoms. The third kappa shape index (κ3) is 8.12. The van der Waals surface area contributed by atoms with Crippen molar-refractivity contribution in [2.45, 2.75) is 64.5 Å². The number of nitrogens with one attached hydrogen (secondary N) is 2. The minimum atomic E-state index is -1.47. The molecule has 2 N–H and O–H groups in total. The van der Waals surface area contributed by atoms with Gasteiger partial charge in [0, 0.05) is 49.2 Å². The van der Waals surface area contributed by atoms with Gasteiger partial charge in [0.05, 0.1) is 33.1 Å². The van der Waals surface area contributed by atoms with Gasteiger partial charge < -0.3 is 43.9 Å². The predicted molar refractivity (Wildman–Crippen MR) is 199 cm³/mol. The fraction of sp³-hybridized carbons (Fsp3) is 0.421. The van der Waals surface area contributed by atoms with Crippen LogP contribution in [0.15, 0.2) is 52.4 Å². The van der Waals surface area contributed by atoms with Crippen molar-refractivity contribution in [1.82, 2.24) is 19.9 Å². The lowest BCUT2D eigenvalue weighted by molar-refractivity contribution is -0.145. The number of hydrogen-bond acceptors (Lipinski definition) is 12. The van der Waals surface area contributed by atoms with Gasteiger partial charge in [0.1, 0.15) is 17.8 Å². The molecule has 2 fully saturated rings. The van der Waals surface area contributed by atoms with Crippen molar-refractivity contribution in [3.8, 4) is 23.0 Å². The zero-order valence-electron chi connectivity index (χ0n) is 31.0. The molecule has 4 unspecified atom stereocenters. The molecular weight excluding hydrogens is 717 g/mol. The largest absolute Gasteiger partial charge is 0.493 e. The number of aromatic nitrogens is 2. The van der Waals surface area contributed by atoms with Crippen LogP contribution in [0.5, 0.6) is 23.0 Å². The number of carbonyl (C=O) groups excluding carboxylic acids is 4. The van der Waals surface area contributed by atoms with Crippen LogP contribution in [0.3, 0.4) is 0 Å². The number of anilines is 2. The summed E-state index contributed by atoms with van der Waals surface area (Å²) in [5, 5.41) is 11.6. The van der Waals surface area contributed by atoms with Crippen molar-refractivity contribution in [2.24, 2.45) is 0 Å². The summed E-state index contributed by atoms with van der Waals surface area (Å²) < 4.78 is 27.7. The van der Waals surface area contributed by atoms with Crippen LogP contribution < -0.4 is 29.6 Å². The van der Waals surface area contributed by atoms with Gasteiger partial charge in [-0.15, -0.1) is 11.3 Å². The SMILES string of the molecule is CCOc1cc(C2CC(=O)N(C(C(=O)Nc3cc(C)on3)C(C(=O)Nc3nc(C)cs3)N3CC(c4ccc(OC)c(OCC)c4)CC3=O)C2)ccc1OC. The van der Waals surface area contributed by atoms with Gasteiger partial charge in [0.25, 0.3) is 11.8 Å². The van der Waals surface area contributed by atoms with Gasteiger partial charge in [0.15, 0.2) is 33.9 Å². The molecule has 4 atom stereocenters. The molecule has 15 nitrogen and oxygen atoms in total. The van der Waals surface area contributed by atoms with Crippen molar-refractivity contribution in [3.63, 3.8) is 0 Å². The normalized spacial score (nSPS) is 18.0. The lowest BCUT2D eigenvalue weighted by Gasteiger charge is -2.37. The van der Waals surface area contributed by atoms with Gasteiger partial charge >= 0.3 is 0 Å². The highest BCUT2D eigenvalue weighted by Crippen LogP contribution is 2.39. The Labute approximate surface area is 316 Å². The van der Waals surface area contributed by atoms with Crippen LogP contribution in [0.2, 0.25) is 0 Å². The molecule has 2 saturated heterocycles. The van der Waals surface area contributed by atoms with Gasteiger partial charge in [-0.3, -0.25) is 19.2 Å². The van der Waals surface area contributed by atoms with Gasteiger partial charge in [-0.2, -0.15) is 0 Å². The van der Waals surface area contributed by atoms with Crippen molar-refractivity contribution in [1.29, 1.82) is 0 Å². The molecule has 2 aliphatic heterocycles. The first-order chi connectivity index (χ1) is 26.0. The number of rotatable bonds is 15. The monoisotopic (exact) mass is 760 g/mol. The maximum absolute atomic E-state index is 14.6. The van der Waals surface area contributed by atoms with E-state index in [1.54, 1.807) is 45.6 Å². The fourth-order valence-corrected chi connectivity index (χ4v) is 7.70. The van der Waals surface area contributed by atoms with E-state index < -0.39 is 23.9 Å². The summed E-state index contributed by atoms with van der Waals surface area (Å²) >= 11 is 1.21. The maximum Gasteiger partial charge on any atom is 0.251 e. The molecule has 286 valence electrons. The molecule has 0 saturated carbocycles. The summed E-state index contributed by atoms with van der Waals surface area (Å²) in [6, 6.07) is 9.51. The van der Waals surface area contributed by atoms with Crippen LogP contribution in [0.4, 0.5) is 10.9 Å². The lowest BCUT2D eigenvalue weighted by Crippen LogP contribution is -2.62. The smallest absolute Gasteiger partial charge is 0.251 e. The average Bonchev–Trinajstić information content (AvgIpc) is 3.95. The number of amides is 4. The number of likely N-dealkylation sites (tertiary alicyclic amines) is 2. The van der Waals surface area contributed by atoms with Crippen LogP contribution >= 0.6 is 11.3 Å². The molecule has 2 aromatic heterocycles. The van der Waals surface area contributed by atoms with Crippen LogP contribution in [0, 0.1) is 13.8 Å². The number of nitrogens with zero attached hydrogens (tertiary/aromatic N) is 4. The lowest BCUT2D eigenvalue weighted by atomic mass is 9.97. The van der Waals surface area contributed by atoms with Crippen LogP contribution in [0.1, 0.15) is 61.1 Å². The molecule has 4 aromatic rings. The fourth-order valence-electron chi connectivity index (χ4n) is 7.01. The summed E-state index contributed by atoms with van der Waals surface area (Å²) in [7, 11) is 3.10. The highest BCUT2D eigenvalue weighted by atomic mass is 32.1. The summed E-state index contributed by atoms with van der Waals surface area (Å²) in [5.41, 5.74) is 2.28. The summed E-state index contributed by atoms with van der Waals surface area (Å²) in [6.45, 7) is 8.16. The quantitative estimate of drug-likeness (QED) is 0.169. The summed E-state index contributed by atoms with van der Waals surface area (Å²) in [6.07, 6.45) is 0.102. The first-order valence-electron chi connectivity index (χ1n) is 17.7. The van der Waals surface area contributed by atoms with Gasteiger partial charge in [0.2, 0.25) is 11.8 Å². The standard InChI is InChI=1S/C38H44N6O9S/c1-7-51-29-14-23(9-11-27(29)49-5)25-16-32(45)43(18-25)34(36(47)40-31-13-22(4)53-42-31)35(37(48)41-38-39-21(3)20-54-38)44-19-26(17-33(44)46)24-10-12-28(50-6)30(15-24)52-8-2/h9-15,20,25-26,34-35H,7-8,16-19H2,1-6H3,(H,39,41,48)(H,40,42,47). The number of hydrogen-bond donors (Lipinski definition) is 2. The Morgan fingerprint density at radius 2 is 1.33 bits per heavy atom. The zero-order chi connectivity index (χ0) is 38.5. The Hall–Kier alpha value is -5.64. The van der Waals surface area contributed by atoms with Crippen molar-refractivity contribution < 1.29 is 42.6 Å². The minimum Gasteiger partial charge on any atom is -0.493 e. The van der Waals surface area contributed by atoms with Crippen molar-refractivity contribution in [2.75, 3.05) is 51.2 Å². The average molecular weight is 761 g/mol. The Bertz CT molecular complexity index is 1870. The van der Waals surface area contributed by atoms with E-state index in [4.69, 9.17) is 23.5 Å². The van der Waals surface area contributed by atoms with E-state index in [0.717, 1.165) is 11.1 Å². The van der Waals surface area contributed by atoms with Crippen LogP contribution in [-0.4, -0.2) is 96.2 Å². The first-order valence-corrected chi connectivity index (χ1v) is 18.6.